The normalized spacial score (nSPS) is 11.4. The molecule has 0 saturated heterocycles. The van der Waals surface area contributed by atoms with Gasteiger partial charge in [0.1, 0.15) is 0 Å². The van der Waals surface area contributed by atoms with Crippen LogP contribution >= 0.6 is 0 Å². The molecule has 0 bridgehead atoms. The van der Waals surface area contributed by atoms with Crippen LogP contribution in [-0.2, 0) is 4.79 Å². The molecule has 0 aromatic carbocycles. The maximum absolute atomic E-state index is 10.3. The van der Waals surface area contributed by atoms with Crippen molar-refractivity contribution >= 4 is 26.9 Å². The van der Waals surface area contributed by atoms with Gasteiger partial charge in [0.2, 0.25) is 0 Å². The number of carboxylic acid groups (broad SMARTS) is 1. The van der Waals surface area contributed by atoms with Crippen LogP contribution in [0.25, 0.3) is 0 Å². The third-order valence-electron chi connectivity index (χ3n) is 1.03. The molecule has 0 aromatic rings. The monoisotopic (exact) mass is 232 g/mol. The third kappa shape index (κ3) is 2.02. The Balaban J connectivity index is 3.91. The molecule has 0 aromatic heterocycles. The first-order valence-electron chi connectivity index (χ1n) is 2.29. The van der Waals surface area contributed by atoms with Gasteiger partial charge in [-0.2, -0.15) is 0 Å². The second kappa shape index (κ2) is 2.70. The Kier molecular flexibility index (Phi) is 2.79. The summed E-state index contributed by atoms with van der Waals surface area (Å²) in [5.41, 5.74) is 0. The van der Waals surface area contributed by atoms with E-state index in [0.29, 0.717) is 0 Å². The van der Waals surface area contributed by atoms with E-state index in [4.69, 9.17) is 5.11 Å². The van der Waals surface area contributed by atoms with Crippen molar-refractivity contribution in [2.75, 3.05) is 0 Å². The van der Waals surface area contributed by atoms with E-state index in [1.54, 1.807) is 13.8 Å². The summed E-state index contributed by atoms with van der Waals surface area (Å²) >= 11 is -0.335. The number of aliphatic carboxylic acids is 1. The summed E-state index contributed by atoms with van der Waals surface area (Å²) in [5, 5.41) is 8.47. The van der Waals surface area contributed by atoms with Gasteiger partial charge < -0.3 is 0 Å². The fraction of sp³-hybridized carbons (Fsp3) is 0.800. The first-order valence-corrected chi connectivity index (χ1v) is 5.79. The van der Waals surface area contributed by atoms with Crippen molar-refractivity contribution in [3.8, 4) is 0 Å². The standard InChI is InChI=1S/C5H10O2Te/c1-5(2,8-3)4(6)7/h1-3H3,(H,6,7). The van der Waals surface area contributed by atoms with Crippen molar-refractivity contribution in [3.63, 3.8) is 0 Å². The second-order valence-corrected chi connectivity index (χ2v) is 6.10. The van der Waals surface area contributed by atoms with Crippen LogP contribution in [0.2, 0.25) is 8.43 Å². The molecule has 0 aliphatic rings. The zero-order valence-electron chi connectivity index (χ0n) is 5.26. The summed E-state index contributed by atoms with van der Waals surface area (Å²) in [6.45, 7) is 3.55. The van der Waals surface area contributed by atoms with Crippen LogP contribution in [0.15, 0.2) is 0 Å². The molecule has 1 N–H and O–H groups in total. The molecule has 2 nitrogen and oxygen atoms in total. The number of rotatable bonds is 2. The number of hydrogen-bond donors (Lipinski definition) is 1. The molecule has 0 fully saturated rings. The fourth-order valence-electron chi connectivity index (χ4n) is 0.0873. The molecule has 48 valence electrons. The molecule has 0 amide bonds. The van der Waals surface area contributed by atoms with E-state index >= 15 is 0 Å². The molecule has 0 aliphatic carbocycles. The van der Waals surface area contributed by atoms with E-state index in [-0.39, 0.29) is 20.9 Å². The molecular formula is C5H10O2Te. The van der Waals surface area contributed by atoms with Gasteiger partial charge in [0.05, 0.1) is 0 Å². The van der Waals surface area contributed by atoms with E-state index in [0.717, 1.165) is 0 Å². The molecule has 0 radical (unpaired) electrons. The fourth-order valence-corrected chi connectivity index (χ4v) is 0.586. The van der Waals surface area contributed by atoms with Crippen molar-refractivity contribution in [3.05, 3.63) is 0 Å². The van der Waals surface area contributed by atoms with Gasteiger partial charge in [0.25, 0.3) is 0 Å². The van der Waals surface area contributed by atoms with Crippen molar-refractivity contribution < 1.29 is 9.90 Å². The Bertz CT molecular complexity index is 98.6. The van der Waals surface area contributed by atoms with Gasteiger partial charge in [0, 0.05) is 0 Å². The van der Waals surface area contributed by atoms with Gasteiger partial charge in [-0.25, -0.2) is 0 Å². The van der Waals surface area contributed by atoms with Gasteiger partial charge in [-0.05, 0) is 0 Å². The SMILES string of the molecule is C[Te]C(C)(C)C(=O)O. The second-order valence-electron chi connectivity index (χ2n) is 2.02. The van der Waals surface area contributed by atoms with E-state index in [1.807, 2.05) is 4.97 Å². The van der Waals surface area contributed by atoms with Crippen molar-refractivity contribution in [1.29, 1.82) is 0 Å². The molecule has 0 unspecified atom stereocenters. The Morgan fingerprint density at radius 1 is 1.62 bits per heavy atom. The Morgan fingerprint density at radius 2 is 2.00 bits per heavy atom. The number of carbonyl (C=O) groups is 1. The molecule has 0 rings (SSSR count). The maximum atomic E-state index is 10.3. The zero-order valence-corrected chi connectivity index (χ0v) is 7.59. The van der Waals surface area contributed by atoms with E-state index in [9.17, 15) is 4.79 Å². The van der Waals surface area contributed by atoms with Crippen molar-refractivity contribution in [2.45, 2.75) is 22.3 Å². The Morgan fingerprint density at radius 3 is 2.00 bits per heavy atom. The Hall–Kier alpha value is 0.260. The first-order chi connectivity index (χ1) is 3.50. The predicted molar refractivity (Wildman–Crippen MR) is 33.3 cm³/mol. The van der Waals surface area contributed by atoms with Gasteiger partial charge in [-0.3, -0.25) is 0 Å². The number of carboxylic acids is 1. The molecule has 0 spiro atoms. The van der Waals surface area contributed by atoms with Crippen molar-refractivity contribution in [1.82, 2.24) is 0 Å². The van der Waals surface area contributed by atoms with E-state index in [2.05, 4.69) is 0 Å². The van der Waals surface area contributed by atoms with Crippen LogP contribution in [0.3, 0.4) is 0 Å². The van der Waals surface area contributed by atoms with Crippen LogP contribution in [0.1, 0.15) is 13.8 Å². The minimum atomic E-state index is -0.664. The molecule has 0 heterocycles. The molecular weight excluding hydrogens is 220 g/mol. The van der Waals surface area contributed by atoms with E-state index in [1.165, 1.54) is 0 Å². The van der Waals surface area contributed by atoms with Crippen LogP contribution in [0.5, 0.6) is 0 Å². The first kappa shape index (κ1) is 8.26. The molecule has 8 heavy (non-hydrogen) atoms. The Labute approximate surface area is 59.4 Å². The summed E-state index contributed by atoms with van der Waals surface area (Å²) in [7, 11) is 0. The predicted octanol–water partition coefficient (Wildman–Crippen LogP) is 1.02. The van der Waals surface area contributed by atoms with Crippen LogP contribution in [0.4, 0.5) is 0 Å². The molecule has 3 heteroatoms. The minimum absolute atomic E-state index is 0.335. The van der Waals surface area contributed by atoms with Crippen LogP contribution in [0, 0.1) is 0 Å². The third-order valence-corrected chi connectivity index (χ3v) is 4.44. The summed E-state index contributed by atoms with van der Waals surface area (Å²) in [6.07, 6.45) is 0. The van der Waals surface area contributed by atoms with Gasteiger partial charge >= 0.3 is 59.1 Å². The van der Waals surface area contributed by atoms with Gasteiger partial charge in [-0.15, -0.1) is 0 Å². The molecule has 0 atom stereocenters. The van der Waals surface area contributed by atoms with Gasteiger partial charge in [-0.1, -0.05) is 0 Å². The summed E-state index contributed by atoms with van der Waals surface area (Å²) in [5.74, 6) is -0.664. The van der Waals surface area contributed by atoms with Crippen LogP contribution in [-0.4, -0.2) is 32.0 Å². The quantitative estimate of drug-likeness (QED) is 0.718. The summed E-state index contributed by atoms with van der Waals surface area (Å²) < 4.78 is -0.412. The molecule has 0 saturated carbocycles. The molecule has 0 aliphatic heterocycles. The van der Waals surface area contributed by atoms with E-state index < -0.39 is 9.43 Å². The number of hydrogen-bond acceptors (Lipinski definition) is 1. The summed E-state index contributed by atoms with van der Waals surface area (Å²) in [6, 6.07) is 0. The van der Waals surface area contributed by atoms with Crippen molar-refractivity contribution in [2.24, 2.45) is 0 Å². The van der Waals surface area contributed by atoms with Gasteiger partial charge in [0.15, 0.2) is 0 Å². The summed E-state index contributed by atoms with van der Waals surface area (Å²) in [4.78, 5) is 12.3. The van der Waals surface area contributed by atoms with Crippen LogP contribution < -0.4 is 0 Å². The topological polar surface area (TPSA) is 37.3 Å². The zero-order chi connectivity index (χ0) is 6.78. The average Bonchev–Trinajstić information content (AvgIpc) is 1.67. The average molecular weight is 230 g/mol.